The minimum Gasteiger partial charge on any atom is -0.497 e. The van der Waals surface area contributed by atoms with Crippen molar-refractivity contribution in [3.8, 4) is 5.75 Å². The number of aromatic amines is 1. The SMILES string of the molecule is COc1ccc(Br)c(NC(=O)c2cn[nH]n2)c1. The number of aromatic nitrogens is 3. The smallest absolute Gasteiger partial charge is 0.277 e. The highest BCUT2D eigenvalue weighted by atomic mass is 79.9. The number of ether oxygens (including phenoxy) is 1. The molecule has 17 heavy (non-hydrogen) atoms. The number of hydrogen-bond acceptors (Lipinski definition) is 4. The summed E-state index contributed by atoms with van der Waals surface area (Å²) in [7, 11) is 1.56. The van der Waals surface area contributed by atoms with Crippen molar-refractivity contribution in [2.75, 3.05) is 12.4 Å². The highest BCUT2D eigenvalue weighted by Crippen LogP contribution is 2.27. The molecular formula is C10H9BrN4O2. The zero-order valence-corrected chi connectivity index (χ0v) is 10.5. The predicted octanol–water partition coefficient (Wildman–Crippen LogP) is 1.83. The number of halogens is 1. The Morgan fingerprint density at radius 1 is 1.53 bits per heavy atom. The van der Waals surface area contributed by atoms with Crippen molar-refractivity contribution in [3.05, 3.63) is 34.6 Å². The van der Waals surface area contributed by atoms with Crippen molar-refractivity contribution >= 4 is 27.5 Å². The van der Waals surface area contributed by atoms with Gasteiger partial charge in [0.05, 0.1) is 19.0 Å². The van der Waals surface area contributed by atoms with Gasteiger partial charge in [-0.1, -0.05) is 0 Å². The third-order valence-corrected chi connectivity index (χ3v) is 2.76. The molecule has 0 saturated heterocycles. The first kappa shape index (κ1) is 11.6. The van der Waals surface area contributed by atoms with Gasteiger partial charge in [-0.2, -0.15) is 15.4 Å². The zero-order chi connectivity index (χ0) is 12.3. The molecule has 1 aromatic carbocycles. The molecule has 7 heteroatoms. The van der Waals surface area contributed by atoms with E-state index in [0.29, 0.717) is 11.4 Å². The van der Waals surface area contributed by atoms with Crippen LogP contribution in [0.4, 0.5) is 5.69 Å². The van der Waals surface area contributed by atoms with Gasteiger partial charge in [0.2, 0.25) is 0 Å². The van der Waals surface area contributed by atoms with Crippen LogP contribution in [0, 0.1) is 0 Å². The molecule has 0 spiro atoms. The Hall–Kier alpha value is -1.89. The molecule has 6 nitrogen and oxygen atoms in total. The summed E-state index contributed by atoms with van der Waals surface area (Å²) in [5.74, 6) is 0.316. The van der Waals surface area contributed by atoms with E-state index in [4.69, 9.17) is 4.74 Å². The molecule has 88 valence electrons. The van der Waals surface area contributed by atoms with Gasteiger partial charge in [-0.05, 0) is 28.1 Å². The molecule has 0 saturated carbocycles. The third-order valence-electron chi connectivity index (χ3n) is 2.07. The number of methoxy groups -OCH3 is 1. The summed E-state index contributed by atoms with van der Waals surface area (Å²) in [4.78, 5) is 11.7. The molecule has 0 aliphatic carbocycles. The molecule has 0 atom stereocenters. The Labute approximate surface area is 105 Å². The van der Waals surface area contributed by atoms with Crippen LogP contribution in [-0.2, 0) is 0 Å². The fraction of sp³-hybridized carbons (Fsp3) is 0.100. The van der Waals surface area contributed by atoms with Crippen molar-refractivity contribution < 1.29 is 9.53 Å². The second-order valence-corrected chi connectivity index (χ2v) is 4.01. The summed E-state index contributed by atoms with van der Waals surface area (Å²) in [6, 6.07) is 5.29. The zero-order valence-electron chi connectivity index (χ0n) is 8.90. The number of hydrogen-bond donors (Lipinski definition) is 2. The van der Waals surface area contributed by atoms with Gasteiger partial charge in [-0.25, -0.2) is 0 Å². The largest absolute Gasteiger partial charge is 0.497 e. The van der Waals surface area contributed by atoms with Crippen LogP contribution < -0.4 is 10.1 Å². The van der Waals surface area contributed by atoms with Crippen LogP contribution in [0.3, 0.4) is 0 Å². The van der Waals surface area contributed by atoms with Gasteiger partial charge in [0.1, 0.15) is 5.75 Å². The summed E-state index contributed by atoms with van der Waals surface area (Å²) in [5, 5.41) is 12.3. The average Bonchev–Trinajstić information content (AvgIpc) is 2.85. The number of carbonyl (C=O) groups is 1. The second kappa shape index (κ2) is 4.96. The first-order chi connectivity index (χ1) is 8.20. The molecular weight excluding hydrogens is 288 g/mol. The van der Waals surface area contributed by atoms with E-state index >= 15 is 0 Å². The summed E-state index contributed by atoms with van der Waals surface area (Å²) in [6.45, 7) is 0. The van der Waals surface area contributed by atoms with Gasteiger partial charge in [-0.3, -0.25) is 4.79 Å². The Bertz CT molecular complexity index is 527. The molecule has 0 aliphatic heterocycles. The van der Waals surface area contributed by atoms with Gasteiger partial charge in [-0.15, -0.1) is 0 Å². The van der Waals surface area contributed by atoms with Crippen molar-refractivity contribution in [2.24, 2.45) is 0 Å². The molecule has 1 amide bonds. The normalized spacial score (nSPS) is 10.0. The summed E-state index contributed by atoms with van der Waals surface area (Å²) in [5.41, 5.74) is 0.831. The van der Waals surface area contributed by atoms with Gasteiger partial charge >= 0.3 is 0 Å². The molecule has 2 N–H and O–H groups in total. The van der Waals surface area contributed by atoms with Crippen LogP contribution in [-0.4, -0.2) is 28.4 Å². The van der Waals surface area contributed by atoms with Crippen LogP contribution in [0.2, 0.25) is 0 Å². The standard InChI is InChI=1S/C10H9BrN4O2/c1-17-6-2-3-7(11)8(4-6)13-10(16)9-5-12-15-14-9/h2-5H,1H3,(H,13,16)(H,12,14,15). The number of rotatable bonds is 3. The van der Waals surface area contributed by atoms with Crippen molar-refractivity contribution in [3.63, 3.8) is 0 Å². The number of benzene rings is 1. The van der Waals surface area contributed by atoms with Gasteiger partial charge in [0.15, 0.2) is 5.69 Å². The highest BCUT2D eigenvalue weighted by molar-refractivity contribution is 9.10. The Balaban J connectivity index is 2.21. The number of H-pyrrole nitrogens is 1. The van der Waals surface area contributed by atoms with Crippen molar-refractivity contribution in [1.82, 2.24) is 15.4 Å². The van der Waals surface area contributed by atoms with E-state index < -0.39 is 0 Å². The maximum atomic E-state index is 11.7. The van der Waals surface area contributed by atoms with E-state index in [2.05, 4.69) is 36.7 Å². The second-order valence-electron chi connectivity index (χ2n) is 3.16. The monoisotopic (exact) mass is 296 g/mol. The first-order valence-corrected chi connectivity index (χ1v) is 5.50. The molecule has 2 rings (SSSR count). The molecule has 0 radical (unpaired) electrons. The molecule has 0 unspecified atom stereocenters. The number of carbonyl (C=O) groups excluding carboxylic acids is 1. The molecule has 0 aliphatic rings. The fourth-order valence-corrected chi connectivity index (χ4v) is 1.57. The molecule has 1 heterocycles. The lowest BCUT2D eigenvalue weighted by atomic mass is 10.3. The Kier molecular flexibility index (Phi) is 3.38. The van der Waals surface area contributed by atoms with E-state index in [1.165, 1.54) is 6.20 Å². The molecule has 0 fully saturated rings. The van der Waals surface area contributed by atoms with E-state index in [-0.39, 0.29) is 11.6 Å². The van der Waals surface area contributed by atoms with Gasteiger partial charge < -0.3 is 10.1 Å². The third kappa shape index (κ3) is 2.62. The first-order valence-electron chi connectivity index (χ1n) is 4.71. The van der Waals surface area contributed by atoms with E-state index in [1.54, 1.807) is 25.3 Å². The van der Waals surface area contributed by atoms with Crippen LogP contribution in [0.15, 0.2) is 28.9 Å². The Morgan fingerprint density at radius 2 is 2.35 bits per heavy atom. The quantitative estimate of drug-likeness (QED) is 0.905. The molecule has 1 aromatic heterocycles. The lowest BCUT2D eigenvalue weighted by Crippen LogP contribution is -2.12. The summed E-state index contributed by atoms with van der Waals surface area (Å²) >= 11 is 3.34. The Morgan fingerprint density at radius 3 is 3.00 bits per heavy atom. The number of nitrogens with zero attached hydrogens (tertiary/aromatic N) is 2. The predicted molar refractivity (Wildman–Crippen MR) is 65.0 cm³/mol. The lowest BCUT2D eigenvalue weighted by Gasteiger charge is -2.07. The van der Waals surface area contributed by atoms with Gasteiger partial charge in [0.25, 0.3) is 5.91 Å². The number of amides is 1. The van der Waals surface area contributed by atoms with Crippen molar-refractivity contribution in [1.29, 1.82) is 0 Å². The van der Waals surface area contributed by atoms with Crippen molar-refractivity contribution in [2.45, 2.75) is 0 Å². The molecule has 2 aromatic rings. The van der Waals surface area contributed by atoms with Crippen LogP contribution in [0.25, 0.3) is 0 Å². The van der Waals surface area contributed by atoms with E-state index in [0.717, 1.165) is 4.47 Å². The topological polar surface area (TPSA) is 79.9 Å². The van der Waals surface area contributed by atoms with E-state index in [1.807, 2.05) is 0 Å². The molecule has 0 bridgehead atoms. The van der Waals surface area contributed by atoms with Gasteiger partial charge in [0, 0.05) is 10.5 Å². The summed E-state index contributed by atoms with van der Waals surface area (Å²) in [6.07, 6.45) is 1.35. The lowest BCUT2D eigenvalue weighted by molar-refractivity contribution is 0.102. The number of nitrogens with one attached hydrogen (secondary N) is 2. The van der Waals surface area contributed by atoms with Crippen LogP contribution in [0.5, 0.6) is 5.75 Å². The van der Waals surface area contributed by atoms with E-state index in [9.17, 15) is 4.79 Å². The van der Waals surface area contributed by atoms with Crippen LogP contribution >= 0.6 is 15.9 Å². The minimum absolute atomic E-state index is 0.222. The minimum atomic E-state index is -0.340. The highest BCUT2D eigenvalue weighted by Gasteiger charge is 2.11. The maximum Gasteiger partial charge on any atom is 0.277 e. The average molecular weight is 297 g/mol. The fourth-order valence-electron chi connectivity index (χ4n) is 1.22. The maximum absolute atomic E-state index is 11.7. The number of anilines is 1. The summed E-state index contributed by atoms with van der Waals surface area (Å²) < 4.78 is 5.84. The van der Waals surface area contributed by atoms with Crippen LogP contribution in [0.1, 0.15) is 10.5 Å².